The molecule has 1 aliphatic rings. The number of carboxylic acid groups (broad SMARTS) is 1. The first-order chi connectivity index (χ1) is 16.9. The van der Waals surface area contributed by atoms with Gasteiger partial charge in [0, 0.05) is 24.9 Å². The largest absolute Gasteiger partial charge is 0.477 e. The van der Waals surface area contributed by atoms with Gasteiger partial charge in [-0.1, -0.05) is 60.4 Å². The molecule has 9 heteroatoms. The van der Waals surface area contributed by atoms with Crippen molar-refractivity contribution in [1.29, 1.82) is 0 Å². The summed E-state index contributed by atoms with van der Waals surface area (Å²) in [7, 11) is 0. The standard InChI is InChI=1S/C26H19FN2O6/c27-23-14-21(25(30)31)24(29(33)34)13-16(23)7-5-6-12-28-26(32)35-15-22-19-10-3-1-8-17(19)18-9-2-4-11-20(18)22/h1-4,8-11,13-14,22H,6,12,15H2,(H,28,32)(H,30,31). The number of carbonyl (C=O) groups is 2. The number of fused-ring (bicyclic) bond motifs is 3. The van der Waals surface area contributed by atoms with Gasteiger partial charge < -0.3 is 15.2 Å². The SMILES string of the molecule is O=C(NCCC#Cc1cc([N+](=O)[O-])c(C(=O)O)cc1F)OCC1c2ccccc2-c2ccccc21. The topological polar surface area (TPSA) is 119 Å². The van der Waals surface area contributed by atoms with Crippen LogP contribution in [0, 0.1) is 27.8 Å². The number of nitrogens with zero attached hydrogens (tertiary/aromatic N) is 1. The zero-order valence-electron chi connectivity index (χ0n) is 18.3. The highest BCUT2D eigenvalue weighted by Crippen LogP contribution is 2.44. The van der Waals surface area contributed by atoms with Crippen LogP contribution in [0.1, 0.15) is 39.4 Å². The first-order valence-corrected chi connectivity index (χ1v) is 10.7. The summed E-state index contributed by atoms with van der Waals surface area (Å²) < 4.78 is 19.5. The molecule has 35 heavy (non-hydrogen) atoms. The average molecular weight is 474 g/mol. The van der Waals surface area contributed by atoms with Gasteiger partial charge in [0.1, 0.15) is 18.0 Å². The Balaban J connectivity index is 1.32. The van der Waals surface area contributed by atoms with Crippen LogP contribution in [-0.2, 0) is 4.74 Å². The van der Waals surface area contributed by atoms with Crippen molar-refractivity contribution >= 4 is 17.7 Å². The van der Waals surface area contributed by atoms with Gasteiger partial charge in [0.25, 0.3) is 5.69 Å². The zero-order chi connectivity index (χ0) is 24.9. The third kappa shape index (κ3) is 4.96. The summed E-state index contributed by atoms with van der Waals surface area (Å²) >= 11 is 0. The van der Waals surface area contributed by atoms with Gasteiger partial charge in [-0.15, -0.1) is 0 Å². The predicted molar refractivity (Wildman–Crippen MR) is 125 cm³/mol. The second-order valence-corrected chi connectivity index (χ2v) is 7.72. The van der Waals surface area contributed by atoms with Crippen LogP contribution >= 0.6 is 0 Å². The average Bonchev–Trinajstić information content (AvgIpc) is 3.16. The molecule has 0 radical (unpaired) electrons. The van der Waals surface area contributed by atoms with Crippen molar-refractivity contribution in [2.45, 2.75) is 12.3 Å². The van der Waals surface area contributed by atoms with Gasteiger partial charge in [-0.3, -0.25) is 10.1 Å². The highest BCUT2D eigenvalue weighted by Gasteiger charge is 2.29. The normalized spacial score (nSPS) is 11.6. The van der Waals surface area contributed by atoms with Crippen LogP contribution in [0.2, 0.25) is 0 Å². The number of amides is 1. The van der Waals surface area contributed by atoms with Crippen LogP contribution < -0.4 is 5.32 Å². The molecule has 0 saturated carbocycles. The fraction of sp³-hybridized carbons (Fsp3) is 0.154. The maximum absolute atomic E-state index is 14.1. The maximum Gasteiger partial charge on any atom is 0.407 e. The summed E-state index contributed by atoms with van der Waals surface area (Å²) in [4.78, 5) is 33.3. The summed E-state index contributed by atoms with van der Waals surface area (Å²) in [5, 5.41) is 22.6. The zero-order valence-corrected chi connectivity index (χ0v) is 18.3. The molecule has 0 unspecified atom stereocenters. The second-order valence-electron chi connectivity index (χ2n) is 7.72. The Hall–Kier alpha value is -4.71. The fourth-order valence-corrected chi connectivity index (χ4v) is 4.01. The van der Waals surface area contributed by atoms with E-state index in [1.54, 1.807) is 0 Å². The smallest absolute Gasteiger partial charge is 0.407 e. The number of carbonyl (C=O) groups excluding carboxylic acids is 1. The number of hydrogen-bond donors (Lipinski definition) is 2. The monoisotopic (exact) mass is 474 g/mol. The number of alkyl carbamates (subject to hydrolysis) is 1. The lowest BCUT2D eigenvalue weighted by molar-refractivity contribution is -0.385. The molecule has 0 saturated heterocycles. The van der Waals surface area contributed by atoms with E-state index in [0.29, 0.717) is 6.07 Å². The minimum atomic E-state index is -1.61. The molecule has 0 bridgehead atoms. The number of hydrogen-bond acceptors (Lipinski definition) is 5. The molecule has 176 valence electrons. The van der Waals surface area contributed by atoms with E-state index < -0.39 is 34.1 Å². The van der Waals surface area contributed by atoms with Crippen molar-refractivity contribution in [2.75, 3.05) is 13.2 Å². The number of carboxylic acids is 1. The highest BCUT2D eigenvalue weighted by molar-refractivity contribution is 5.92. The summed E-state index contributed by atoms with van der Waals surface area (Å²) in [6, 6.07) is 17.3. The molecule has 2 N–H and O–H groups in total. The Kier molecular flexibility index (Phi) is 6.73. The van der Waals surface area contributed by atoms with Gasteiger partial charge >= 0.3 is 12.1 Å². The van der Waals surface area contributed by atoms with Gasteiger partial charge in [-0.25, -0.2) is 14.0 Å². The molecular weight excluding hydrogens is 455 g/mol. The Morgan fingerprint density at radius 2 is 1.71 bits per heavy atom. The third-order valence-corrected chi connectivity index (χ3v) is 5.60. The van der Waals surface area contributed by atoms with Crippen LogP contribution in [0.5, 0.6) is 0 Å². The number of nitrogens with one attached hydrogen (secondary N) is 1. The summed E-state index contributed by atoms with van der Waals surface area (Å²) in [5.74, 6) is 2.38. The van der Waals surface area contributed by atoms with Gasteiger partial charge in [0.2, 0.25) is 0 Å². The van der Waals surface area contributed by atoms with E-state index in [9.17, 15) is 24.1 Å². The number of halogens is 1. The van der Waals surface area contributed by atoms with Crippen molar-refractivity contribution in [2.24, 2.45) is 0 Å². The lowest BCUT2D eigenvalue weighted by Crippen LogP contribution is -2.26. The Morgan fingerprint density at radius 1 is 1.09 bits per heavy atom. The summed E-state index contributed by atoms with van der Waals surface area (Å²) in [6.07, 6.45) is -0.501. The molecule has 1 amide bonds. The van der Waals surface area contributed by atoms with Crippen LogP contribution in [0.3, 0.4) is 0 Å². The maximum atomic E-state index is 14.1. The van der Waals surface area contributed by atoms with E-state index in [1.165, 1.54) is 0 Å². The van der Waals surface area contributed by atoms with Crippen LogP contribution in [0.15, 0.2) is 60.7 Å². The van der Waals surface area contributed by atoms with Gasteiger partial charge in [0.15, 0.2) is 0 Å². The molecule has 0 atom stereocenters. The van der Waals surface area contributed by atoms with Crippen LogP contribution in [-0.4, -0.2) is 35.2 Å². The molecule has 1 aliphatic carbocycles. The van der Waals surface area contributed by atoms with E-state index in [4.69, 9.17) is 9.84 Å². The van der Waals surface area contributed by atoms with Crippen molar-refractivity contribution in [1.82, 2.24) is 5.32 Å². The first-order valence-electron chi connectivity index (χ1n) is 10.7. The lowest BCUT2D eigenvalue weighted by Gasteiger charge is -2.14. The molecule has 0 aliphatic heterocycles. The van der Waals surface area contributed by atoms with Crippen molar-refractivity contribution < 1.29 is 28.7 Å². The van der Waals surface area contributed by atoms with E-state index >= 15 is 0 Å². The number of aromatic carboxylic acids is 1. The van der Waals surface area contributed by atoms with Crippen molar-refractivity contribution in [3.8, 4) is 23.0 Å². The van der Waals surface area contributed by atoms with Crippen molar-refractivity contribution in [3.63, 3.8) is 0 Å². The minimum Gasteiger partial charge on any atom is -0.477 e. The molecular formula is C26H19FN2O6. The van der Waals surface area contributed by atoms with Gasteiger partial charge in [0.05, 0.1) is 10.5 Å². The molecule has 3 aromatic carbocycles. The van der Waals surface area contributed by atoms with E-state index in [-0.39, 0.29) is 31.1 Å². The molecule has 0 fully saturated rings. The van der Waals surface area contributed by atoms with E-state index in [1.807, 2.05) is 48.5 Å². The molecule has 8 nitrogen and oxygen atoms in total. The fourth-order valence-electron chi connectivity index (χ4n) is 4.01. The van der Waals surface area contributed by atoms with Crippen molar-refractivity contribution in [3.05, 3.63) is 98.8 Å². The molecule has 0 heterocycles. The van der Waals surface area contributed by atoms with E-state index in [0.717, 1.165) is 28.3 Å². The predicted octanol–water partition coefficient (Wildman–Crippen LogP) is 4.71. The summed E-state index contributed by atoms with van der Waals surface area (Å²) in [6.45, 7) is 0.275. The van der Waals surface area contributed by atoms with E-state index in [2.05, 4.69) is 17.2 Å². The van der Waals surface area contributed by atoms with Gasteiger partial charge in [-0.2, -0.15) is 0 Å². The van der Waals surface area contributed by atoms with Gasteiger partial charge in [-0.05, 0) is 28.3 Å². The minimum absolute atomic E-state index is 0.0690. The number of ether oxygens (including phenoxy) is 1. The Bertz CT molecular complexity index is 1350. The molecule has 0 spiro atoms. The lowest BCUT2D eigenvalue weighted by atomic mass is 9.98. The van der Waals surface area contributed by atoms with Crippen LogP contribution in [0.4, 0.5) is 14.9 Å². The third-order valence-electron chi connectivity index (χ3n) is 5.60. The van der Waals surface area contributed by atoms with Crippen LogP contribution in [0.25, 0.3) is 11.1 Å². The number of nitro groups is 1. The highest BCUT2D eigenvalue weighted by atomic mass is 19.1. The molecule has 3 aromatic rings. The Morgan fingerprint density at radius 3 is 2.31 bits per heavy atom. The number of benzene rings is 3. The quantitative estimate of drug-likeness (QED) is 0.231. The molecule has 0 aromatic heterocycles. The molecule has 4 rings (SSSR count). The first kappa shape index (κ1) is 23.4. The Labute approximate surface area is 199 Å². The number of nitro benzene ring substituents is 1. The second kappa shape index (κ2) is 10.1. The number of rotatable bonds is 6. The summed E-state index contributed by atoms with van der Waals surface area (Å²) in [5.41, 5.74) is 2.63.